The van der Waals surface area contributed by atoms with Crippen molar-refractivity contribution in [1.82, 2.24) is 5.32 Å². The number of hydrogen-bond acceptors (Lipinski definition) is 4. The van der Waals surface area contributed by atoms with Gasteiger partial charge in [-0.1, -0.05) is 6.07 Å². The number of thiocarbonyl (C=S) groups is 1. The van der Waals surface area contributed by atoms with E-state index in [1.165, 1.54) is 6.07 Å². The standard InChI is InChI=1S/C13H17N3O3S/c1-9-11(5-2-6-12(9)16(17)18)15-13(20)14-8-10-4-3-7-19-10/h2,5-6,10H,3-4,7-8H2,1H3,(H2,14,15,20)/t10-/m1/s1. The highest BCUT2D eigenvalue weighted by Crippen LogP contribution is 2.24. The van der Waals surface area contributed by atoms with Gasteiger partial charge in [-0.15, -0.1) is 0 Å². The minimum Gasteiger partial charge on any atom is -0.376 e. The summed E-state index contributed by atoms with van der Waals surface area (Å²) in [5.41, 5.74) is 1.29. The summed E-state index contributed by atoms with van der Waals surface area (Å²) in [6, 6.07) is 4.88. The molecule has 0 bridgehead atoms. The zero-order valence-electron chi connectivity index (χ0n) is 11.2. The molecule has 6 nitrogen and oxygen atoms in total. The third-order valence-electron chi connectivity index (χ3n) is 3.26. The van der Waals surface area contributed by atoms with Crippen molar-refractivity contribution in [3.63, 3.8) is 0 Å². The van der Waals surface area contributed by atoms with E-state index in [1.807, 2.05) is 0 Å². The molecule has 1 heterocycles. The van der Waals surface area contributed by atoms with Crippen LogP contribution in [0.1, 0.15) is 18.4 Å². The van der Waals surface area contributed by atoms with Gasteiger partial charge in [0.2, 0.25) is 0 Å². The summed E-state index contributed by atoms with van der Waals surface area (Å²) in [5, 5.41) is 17.4. The fourth-order valence-electron chi connectivity index (χ4n) is 2.14. The van der Waals surface area contributed by atoms with E-state index >= 15 is 0 Å². The van der Waals surface area contributed by atoms with E-state index < -0.39 is 4.92 Å². The quantitative estimate of drug-likeness (QED) is 0.504. The number of nitro groups is 1. The number of anilines is 1. The summed E-state index contributed by atoms with van der Waals surface area (Å²) in [6.07, 6.45) is 2.31. The summed E-state index contributed by atoms with van der Waals surface area (Å²) in [4.78, 5) is 10.5. The SMILES string of the molecule is Cc1c(NC(=S)NC[C@H]2CCCO2)cccc1[N+](=O)[O-]. The molecule has 2 rings (SSSR count). The van der Waals surface area contributed by atoms with Gasteiger partial charge in [0.25, 0.3) is 5.69 Å². The summed E-state index contributed by atoms with van der Waals surface area (Å²) >= 11 is 5.19. The Hall–Kier alpha value is -1.73. The average Bonchev–Trinajstić information content (AvgIpc) is 2.91. The molecule has 0 radical (unpaired) electrons. The highest BCUT2D eigenvalue weighted by atomic mass is 32.1. The molecule has 0 saturated carbocycles. The Balaban J connectivity index is 1.93. The number of nitrogens with zero attached hydrogens (tertiary/aromatic N) is 1. The smallest absolute Gasteiger partial charge is 0.274 e. The molecule has 108 valence electrons. The van der Waals surface area contributed by atoms with Crippen molar-refractivity contribution in [3.05, 3.63) is 33.9 Å². The van der Waals surface area contributed by atoms with Gasteiger partial charge in [-0.25, -0.2) is 0 Å². The first-order chi connectivity index (χ1) is 9.58. The molecule has 1 aromatic carbocycles. The maximum atomic E-state index is 10.9. The van der Waals surface area contributed by atoms with Gasteiger partial charge in [0.05, 0.1) is 16.6 Å². The summed E-state index contributed by atoms with van der Waals surface area (Å²) in [5.74, 6) is 0. The van der Waals surface area contributed by atoms with E-state index in [0.29, 0.717) is 22.9 Å². The molecule has 0 unspecified atom stereocenters. The van der Waals surface area contributed by atoms with Crippen LogP contribution in [0.25, 0.3) is 0 Å². The molecule has 0 amide bonds. The van der Waals surface area contributed by atoms with Crippen LogP contribution in [0.5, 0.6) is 0 Å². The van der Waals surface area contributed by atoms with E-state index in [4.69, 9.17) is 17.0 Å². The van der Waals surface area contributed by atoms with Crippen LogP contribution in [0, 0.1) is 17.0 Å². The minimum atomic E-state index is -0.399. The second-order valence-corrected chi connectivity index (χ2v) is 5.09. The normalized spacial score (nSPS) is 17.8. The maximum absolute atomic E-state index is 10.9. The second-order valence-electron chi connectivity index (χ2n) is 4.68. The second kappa shape index (κ2) is 6.62. The van der Waals surface area contributed by atoms with Gasteiger partial charge < -0.3 is 15.4 Å². The molecule has 2 N–H and O–H groups in total. The van der Waals surface area contributed by atoms with Crippen LogP contribution in [0.3, 0.4) is 0 Å². The average molecular weight is 295 g/mol. The molecule has 20 heavy (non-hydrogen) atoms. The van der Waals surface area contributed by atoms with Gasteiger partial charge in [0.1, 0.15) is 0 Å². The van der Waals surface area contributed by atoms with Crippen LogP contribution in [0.4, 0.5) is 11.4 Å². The molecule has 0 spiro atoms. The van der Waals surface area contributed by atoms with Gasteiger partial charge in [-0.05, 0) is 38.0 Å². The summed E-state index contributed by atoms with van der Waals surface area (Å²) in [6.45, 7) is 3.15. The molecule has 0 aliphatic carbocycles. The Bertz CT molecular complexity index is 516. The van der Waals surface area contributed by atoms with Gasteiger partial charge in [-0.2, -0.15) is 0 Å². The van der Waals surface area contributed by atoms with Gasteiger partial charge in [0.15, 0.2) is 5.11 Å². The topological polar surface area (TPSA) is 76.4 Å². The van der Waals surface area contributed by atoms with Crippen molar-refractivity contribution < 1.29 is 9.66 Å². The van der Waals surface area contributed by atoms with Crippen molar-refractivity contribution in [1.29, 1.82) is 0 Å². The lowest BCUT2D eigenvalue weighted by Gasteiger charge is -2.15. The van der Waals surface area contributed by atoms with E-state index in [2.05, 4.69) is 10.6 Å². The molecule has 1 aromatic rings. The molecule has 1 aliphatic rings. The van der Waals surface area contributed by atoms with Crippen LogP contribution in [-0.2, 0) is 4.74 Å². The lowest BCUT2D eigenvalue weighted by molar-refractivity contribution is -0.385. The fraction of sp³-hybridized carbons (Fsp3) is 0.462. The third-order valence-corrected chi connectivity index (χ3v) is 3.51. The zero-order valence-corrected chi connectivity index (χ0v) is 12.0. The lowest BCUT2D eigenvalue weighted by Crippen LogP contribution is -2.35. The van der Waals surface area contributed by atoms with Crippen LogP contribution >= 0.6 is 12.2 Å². The van der Waals surface area contributed by atoms with Gasteiger partial charge in [0, 0.05) is 24.9 Å². The molecule has 1 aliphatic heterocycles. The Kier molecular flexibility index (Phi) is 4.86. The first-order valence-electron chi connectivity index (χ1n) is 6.48. The molecule has 1 saturated heterocycles. The van der Waals surface area contributed by atoms with Crippen LogP contribution in [0.15, 0.2) is 18.2 Å². The molecular weight excluding hydrogens is 278 g/mol. The number of nitrogens with one attached hydrogen (secondary N) is 2. The van der Waals surface area contributed by atoms with E-state index in [1.54, 1.807) is 19.1 Å². The van der Waals surface area contributed by atoms with Crippen molar-refractivity contribution >= 4 is 28.7 Å². The molecule has 0 aromatic heterocycles. The maximum Gasteiger partial charge on any atom is 0.274 e. The summed E-state index contributed by atoms with van der Waals surface area (Å²) in [7, 11) is 0. The minimum absolute atomic E-state index is 0.0805. The van der Waals surface area contributed by atoms with Crippen LogP contribution < -0.4 is 10.6 Å². The van der Waals surface area contributed by atoms with Crippen LogP contribution in [0.2, 0.25) is 0 Å². The van der Waals surface area contributed by atoms with Gasteiger partial charge in [-0.3, -0.25) is 10.1 Å². The van der Waals surface area contributed by atoms with Crippen molar-refractivity contribution in [2.75, 3.05) is 18.5 Å². The highest BCUT2D eigenvalue weighted by molar-refractivity contribution is 7.80. The number of ether oxygens (including phenoxy) is 1. The Morgan fingerprint density at radius 2 is 2.40 bits per heavy atom. The van der Waals surface area contributed by atoms with E-state index in [-0.39, 0.29) is 11.8 Å². The largest absolute Gasteiger partial charge is 0.376 e. The van der Waals surface area contributed by atoms with E-state index in [9.17, 15) is 10.1 Å². The Morgan fingerprint density at radius 1 is 1.60 bits per heavy atom. The Morgan fingerprint density at radius 3 is 3.05 bits per heavy atom. The van der Waals surface area contributed by atoms with Crippen molar-refractivity contribution in [2.45, 2.75) is 25.9 Å². The van der Waals surface area contributed by atoms with Crippen LogP contribution in [-0.4, -0.2) is 29.3 Å². The molecule has 7 heteroatoms. The summed E-state index contributed by atoms with van der Waals surface area (Å²) < 4.78 is 5.49. The predicted octanol–water partition coefficient (Wildman–Crippen LogP) is 2.37. The number of hydrogen-bond donors (Lipinski definition) is 2. The Labute approximate surface area is 122 Å². The number of rotatable bonds is 4. The first-order valence-corrected chi connectivity index (χ1v) is 6.89. The molecule has 1 atom stereocenters. The molecule has 1 fully saturated rings. The third kappa shape index (κ3) is 3.64. The highest BCUT2D eigenvalue weighted by Gasteiger charge is 2.16. The van der Waals surface area contributed by atoms with Crippen molar-refractivity contribution in [2.24, 2.45) is 0 Å². The lowest BCUT2D eigenvalue weighted by atomic mass is 10.1. The molecular formula is C13H17N3O3S. The monoisotopic (exact) mass is 295 g/mol. The number of benzene rings is 1. The predicted molar refractivity (Wildman–Crippen MR) is 81.0 cm³/mol. The van der Waals surface area contributed by atoms with Gasteiger partial charge >= 0.3 is 0 Å². The van der Waals surface area contributed by atoms with Crippen molar-refractivity contribution in [3.8, 4) is 0 Å². The number of nitro benzene ring substituents is 1. The van der Waals surface area contributed by atoms with E-state index in [0.717, 1.165) is 19.4 Å². The fourth-order valence-corrected chi connectivity index (χ4v) is 2.33. The zero-order chi connectivity index (χ0) is 14.5. The first kappa shape index (κ1) is 14.7.